The van der Waals surface area contributed by atoms with Crippen molar-refractivity contribution >= 4 is 6.08 Å². The molecule has 3 nitrogen and oxygen atoms in total. The van der Waals surface area contributed by atoms with Gasteiger partial charge < -0.3 is 4.90 Å². The number of hydrogen-bond donors (Lipinski definition) is 0. The average molecular weight is 420 g/mol. The third kappa shape index (κ3) is 2.70. The van der Waals surface area contributed by atoms with Crippen molar-refractivity contribution in [1.82, 2.24) is 4.90 Å². The van der Waals surface area contributed by atoms with E-state index in [1.165, 1.54) is 6.07 Å². The van der Waals surface area contributed by atoms with Gasteiger partial charge in [-0.2, -0.15) is 10.5 Å². The third-order valence-corrected chi connectivity index (χ3v) is 6.93. The lowest BCUT2D eigenvalue weighted by molar-refractivity contribution is 0.254. The van der Waals surface area contributed by atoms with Gasteiger partial charge in [0.25, 0.3) is 0 Å². The van der Waals surface area contributed by atoms with Gasteiger partial charge in [-0.1, -0.05) is 66.2 Å². The highest BCUT2D eigenvalue weighted by Crippen LogP contribution is 2.64. The molecule has 0 aromatic heterocycles. The molecule has 0 unspecified atom stereocenters. The highest BCUT2D eigenvalue weighted by Gasteiger charge is 2.62. The Bertz CT molecular complexity index is 1310. The van der Waals surface area contributed by atoms with Gasteiger partial charge >= 0.3 is 0 Å². The smallest absolute Gasteiger partial charge is 0.177 e. The predicted octanol–water partition coefficient (Wildman–Crippen LogP) is 6.34. The van der Waals surface area contributed by atoms with E-state index in [2.05, 4.69) is 29.2 Å². The Balaban J connectivity index is 1.85. The van der Waals surface area contributed by atoms with E-state index in [1.807, 2.05) is 56.5 Å². The third-order valence-electron chi connectivity index (χ3n) is 6.93. The largest absolute Gasteiger partial charge is 0.360 e. The molecule has 0 amide bonds. The molecule has 1 saturated heterocycles. The van der Waals surface area contributed by atoms with E-state index in [0.717, 1.165) is 27.8 Å². The highest BCUT2D eigenvalue weighted by atomic mass is 19.1. The van der Waals surface area contributed by atoms with E-state index >= 15 is 4.39 Å². The molecule has 0 bridgehead atoms. The number of hydrogen-bond acceptors (Lipinski definition) is 3. The Morgan fingerprint density at radius 2 is 1.56 bits per heavy atom. The van der Waals surface area contributed by atoms with Crippen LogP contribution in [0.5, 0.6) is 0 Å². The lowest BCUT2D eigenvalue weighted by Crippen LogP contribution is -2.31. The summed E-state index contributed by atoms with van der Waals surface area (Å²) in [6.07, 6.45) is 3.99. The monoisotopic (exact) mass is 419 g/mol. The maximum atomic E-state index is 15.2. The first-order valence-electron chi connectivity index (χ1n) is 10.7. The molecule has 2 heterocycles. The fourth-order valence-corrected chi connectivity index (χ4v) is 5.58. The summed E-state index contributed by atoms with van der Waals surface area (Å²) in [7, 11) is 0. The number of aryl methyl sites for hydroxylation is 2. The van der Waals surface area contributed by atoms with Crippen LogP contribution in [0.2, 0.25) is 0 Å². The van der Waals surface area contributed by atoms with E-state index in [-0.39, 0.29) is 11.9 Å². The van der Waals surface area contributed by atoms with Gasteiger partial charge in [-0.3, -0.25) is 0 Å². The lowest BCUT2D eigenvalue weighted by atomic mass is 9.67. The summed E-state index contributed by atoms with van der Waals surface area (Å²) in [5, 5.41) is 21.1. The fraction of sp³-hybridized carbons (Fsp3) is 0.214. The maximum Gasteiger partial charge on any atom is 0.177 e. The summed E-state index contributed by atoms with van der Waals surface area (Å²) >= 11 is 0. The molecule has 2 aliphatic rings. The zero-order chi connectivity index (χ0) is 22.5. The van der Waals surface area contributed by atoms with Crippen molar-refractivity contribution in [2.45, 2.75) is 31.8 Å². The van der Waals surface area contributed by atoms with Crippen LogP contribution < -0.4 is 0 Å². The molecule has 3 aromatic carbocycles. The number of fused-ring (bicyclic) bond motifs is 3. The van der Waals surface area contributed by atoms with Gasteiger partial charge in [0.15, 0.2) is 5.41 Å². The molecule has 32 heavy (non-hydrogen) atoms. The zero-order valence-corrected chi connectivity index (χ0v) is 18.0. The molecule has 0 radical (unpaired) electrons. The van der Waals surface area contributed by atoms with Crippen molar-refractivity contribution in [2.24, 2.45) is 5.41 Å². The van der Waals surface area contributed by atoms with Gasteiger partial charge in [0.05, 0.1) is 24.2 Å². The standard InChI is InChI=1S/C28H22FN3/c1-18-11-12-21(19(2)15-18)26-25(23-9-5-6-10-24(23)29)28(16-30,17-31)27-22-8-4-3-7-20(22)13-14-32(26)27/h3-15,25-27H,1-2H3/t25-,26-,27-/m0/s1. The average Bonchev–Trinajstić information content (AvgIpc) is 3.10. The van der Waals surface area contributed by atoms with Gasteiger partial charge in [-0.25, -0.2) is 4.39 Å². The molecule has 0 spiro atoms. The summed E-state index contributed by atoms with van der Waals surface area (Å²) in [5.74, 6) is -1.06. The lowest BCUT2D eigenvalue weighted by Gasteiger charge is -2.35. The molecule has 156 valence electrons. The van der Waals surface area contributed by atoms with Crippen molar-refractivity contribution in [3.8, 4) is 12.1 Å². The number of halogens is 1. The first kappa shape index (κ1) is 20.0. The van der Waals surface area contributed by atoms with E-state index in [9.17, 15) is 10.5 Å². The number of rotatable bonds is 2. The van der Waals surface area contributed by atoms with Crippen LogP contribution >= 0.6 is 0 Å². The summed E-state index contributed by atoms with van der Waals surface area (Å²) < 4.78 is 15.2. The normalized spacial score (nSPS) is 22.5. The second kappa shape index (κ2) is 7.36. The van der Waals surface area contributed by atoms with Crippen molar-refractivity contribution in [3.63, 3.8) is 0 Å². The van der Waals surface area contributed by atoms with E-state index in [0.29, 0.717) is 5.56 Å². The fourth-order valence-electron chi connectivity index (χ4n) is 5.58. The number of benzene rings is 3. The Labute approximate surface area is 187 Å². The topological polar surface area (TPSA) is 50.8 Å². The Hall–Kier alpha value is -3.89. The van der Waals surface area contributed by atoms with Crippen LogP contribution in [-0.4, -0.2) is 4.90 Å². The van der Waals surface area contributed by atoms with E-state index < -0.39 is 17.4 Å². The van der Waals surface area contributed by atoms with Crippen LogP contribution in [0.1, 0.15) is 51.4 Å². The molecule has 3 atom stereocenters. The van der Waals surface area contributed by atoms with E-state index in [1.54, 1.807) is 18.2 Å². The molecular formula is C28H22FN3. The van der Waals surface area contributed by atoms with Crippen molar-refractivity contribution < 1.29 is 4.39 Å². The first-order chi connectivity index (χ1) is 15.5. The van der Waals surface area contributed by atoms with Crippen LogP contribution in [-0.2, 0) is 0 Å². The second-order valence-electron chi connectivity index (χ2n) is 8.69. The summed E-state index contributed by atoms with van der Waals surface area (Å²) in [6, 6.07) is 24.5. The molecular weight excluding hydrogens is 397 g/mol. The van der Waals surface area contributed by atoms with Crippen LogP contribution in [0, 0.1) is 47.7 Å². The molecule has 4 heteroatoms. The number of nitriles is 2. The minimum Gasteiger partial charge on any atom is -0.360 e. The Morgan fingerprint density at radius 1 is 0.875 bits per heavy atom. The minimum atomic E-state index is -1.47. The van der Waals surface area contributed by atoms with Gasteiger partial charge in [-0.05, 0) is 53.8 Å². The molecule has 5 rings (SSSR count). The molecule has 3 aromatic rings. The van der Waals surface area contributed by atoms with Crippen molar-refractivity contribution in [2.75, 3.05) is 0 Å². The number of nitrogens with zero attached hydrogens (tertiary/aromatic N) is 3. The van der Waals surface area contributed by atoms with Crippen LogP contribution in [0.4, 0.5) is 4.39 Å². The maximum absolute atomic E-state index is 15.2. The highest BCUT2D eigenvalue weighted by molar-refractivity contribution is 5.61. The quantitative estimate of drug-likeness (QED) is 0.487. The van der Waals surface area contributed by atoms with Crippen LogP contribution in [0.25, 0.3) is 6.08 Å². The zero-order valence-electron chi connectivity index (χ0n) is 18.0. The minimum absolute atomic E-state index is 0.360. The summed E-state index contributed by atoms with van der Waals surface area (Å²) in [4.78, 5) is 2.10. The van der Waals surface area contributed by atoms with Gasteiger partial charge in [0.2, 0.25) is 0 Å². The van der Waals surface area contributed by atoms with Crippen LogP contribution in [0.3, 0.4) is 0 Å². The first-order valence-corrected chi connectivity index (χ1v) is 10.7. The predicted molar refractivity (Wildman–Crippen MR) is 122 cm³/mol. The van der Waals surface area contributed by atoms with Gasteiger partial charge in [-0.15, -0.1) is 0 Å². The van der Waals surface area contributed by atoms with Crippen LogP contribution in [0.15, 0.2) is 72.9 Å². The summed E-state index contributed by atoms with van der Waals surface area (Å²) in [5.41, 5.74) is 4.05. The van der Waals surface area contributed by atoms with E-state index in [4.69, 9.17) is 0 Å². The molecule has 0 saturated carbocycles. The molecule has 0 N–H and O–H groups in total. The Kier molecular flexibility index (Phi) is 4.61. The van der Waals surface area contributed by atoms with Crippen molar-refractivity contribution in [3.05, 3.63) is 112 Å². The van der Waals surface area contributed by atoms with Gasteiger partial charge in [0.1, 0.15) is 5.82 Å². The second-order valence-corrected chi connectivity index (χ2v) is 8.69. The van der Waals surface area contributed by atoms with Crippen molar-refractivity contribution in [1.29, 1.82) is 10.5 Å². The summed E-state index contributed by atoms with van der Waals surface area (Å²) in [6.45, 7) is 4.07. The molecule has 1 fully saturated rings. The van der Waals surface area contributed by atoms with Gasteiger partial charge in [0, 0.05) is 12.1 Å². The Morgan fingerprint density at radius 3 is 2.25 bits per heavy atom. The SMILES string of the molecule is Cc1ccc([C@H]2[C@H](c3ccccc3F)C(C#N)(C#N)[C@@H]3c4ccccc4C=CN32)c(C)c1. The molecule has 2 aliphatic heterocycles. The molecule has 0 aliphatic carbocycles.